The van der Waals surface area contributed by atoms with Crippen molar-refractivity contribution in [3.8, 4) is 5.69 Å². The van der Waals surface area contributed by atoms with E-state index in [9.17, 15) is 4.79 Å². The largest absolute Gasteiger partial charge is 0.395 e. The van der Waals surface area contributed by atoms with Gasteiger partial charge in [-0.2, -0.15) is 5.10 Å². The van der Waals surface area contributed by atoms with Gasteiger partial charge in [-0.3, -0.25) is 4.79 Å². The van der Waals surface area contributed by atoms with Gasteiger partial charge in [0.2, 0.25) is 5.91 Å². The first kappa shape index (κ1) is 17.5. The lowest BCUT2D eigenvalue weighted by Gasteiger charge is -2.15. The average Bonchev–Trinajstić information content (AvgIpc) is 2.78. The van der Waals surface area contributed by atoms with Crippen LogP contribution >= 0.6 is 11.6 Å². The summed E-state index contributed by atoms with van der Waals surface area (Å²) in [5.41, 5.74) is 4.55. The van der Waals surface area contributed by atoms with Gasteiger partial charge in [-0.15, -0.1) is 0 Å². The van der Waals surface area contributed by atoms with Crippen molar-refractivity contribution in [1.82, 2.24) is 14.7 Å². The van der Waals surface area contributed by atoms with Crippen LogP contribution in [-0.2, 0) is 11.2 Å². The smallest absolute Gasteiger partial charge is 0.226 e. The third-order valence-corrected chi connectivity index (χ3v) is 4.44. The second-order valence-electron chi connectivity index (χ2n) is 5.71. The van der Waals surface area contributed by atoms with Crippen LogP contribution in [0.15, 0.2) is 18.2 Å². The van der Waals surface area contributed by atoms with Crippen LogP contribution in [0.4, 0.5) is 0 Å². The van der Waals surface area contributed by atoms with Crippen molar-refractivity contribution in [3.63, 3.8) is 0 Å². The molecule has 0 bridgehead atoms. The third kappa shape index (κ3) is 3.74. The van der Waals surface area contributed by atoms with Crippen molar-refractivity contribution in [1.29, 1.82) is 0 Å². The summed E-state index contributed by atoms with van der Waals surface area (Å²) >= 11 is 6.20. The number of hydrogen-bond donors (Lipinski definition) is 1. The van der Waals surface area contributed by atoms with E-state index in [1.807, 2.05) is 43.7 Å². The van der Waals surface area contributed by atoms with Gasteiger partial charge >= 0.3 is 0 Å². The van der Waals surface area contributed by atoms with E-state index in [0.29, 0.717) is 11.6 Å². The first-order valence-corrected chi connectivity index (χ1v) is 7.89. The van der Waals surface area contributed by atoms with Crippen LogP contribution in [0.1, 0.15) is 22.5 Å². The highest BCUT2D eigenvalue weighted by atomic mass is 35.5. The van der Waals surface area contributed by atoms with Crippen molar-refractivity contribution in [2.75, 3.05) is 20.2 Å². The van der Waals surface area contributed by atoms with Gasteiger partial charge in [-0.05, 0) is 38.5 Å². The molecular weight excluding hydrogens is 314 g/mol. The van der Waals surface area contributed by atoms with Gasteiger partial charge in [0.05, 0.1) is 24.4 Å². The van der Waals surface area contributed by atoms with Crippen LogP contribution in [0.2, 0.25) is 5.02 Å². The van der Waals surface area contributed by atoms with Gasteiger partial charge in [0.1, 0.15) is 0 Å². The number of carbonyl (C=O) groups is 1. The lowest BCUT2D eigenvalue weighted by Crippen LogP contribution is -2.31. The topological polar surface area (TPSA) is 58.4 Å². The lowest BCUT2D eigenvalue weighted by atomic mass is 10.1. The van der Waals surface area contributed by atoms with E-state index in [1.54, 1.807) is 7.05 Å². The number of rotatable bonds is 5. The molecule has 0 aliphatic heterocycles. The van der Waals surface area contributed by atoms with E-state index in [4.69, 9.17) is 16.7 Å². The third-order valence-electron chi connectivity index (χ3n) is 4.03. The van der Waals surface area contributed by atoms with Gasteiger partial charge in [-0.25, -0.2) is 4.68 Å². The fourth-order valence-corrected chi connectivity index (χ4v) is 2.63. The molecular formula is C17H22ClN3O2. The molecule has 1 amide bonds. The number of aliphatic hydroxyl groups is 1. The molecule has 0 aliphatic rings. The van der Waals surface area contributed by atoms with Crippen LogP contribution in [0.3, 0.4) is 0 Å². The number of aromatic nitrogens is 2. The molecule has 124 valence electrons. The molecule has 0 saturated heterocycles. The molecule has 0 aliphatic carbocycles. The van der Waals surface area contributed by atoms with E-state index >= 15 is 0 Å². The quantitative estimate of drug-likeness (QED) is 0.913. The maximum atomic E-state index is 12.2. The Kier molecular flexibility index (Phi) is 5.44. The van der Waals surface area contributed by atoms with Gasteiger partial charge in [0, 0.05) is 29.9 Å². The molecule has 0 unspecified atom stereocenters. The highest BCUT2D eigenvalue weighted by Crippen LogP contribution is 2.23. The van der Waals surface area contributed by atoms with Crippen molar-refractivity contribution in [3.05, 3.63) is 45.7 Å². The molecule has 0 saturated carbocycles. The highest BCUT2D eigenvalue weighted by molar-refractivity contribution is 6.31. The Bertz CT molecular complexity index is 725. The number of nitrogens with zero attached hydrogens (tertiary/aromatic N) is 3. The van der Waals surface area contributed by atoms with Crippen LogP contribution in [-0.4, -0.2) is 45.9 Å². The Hall–Kier alpha value is -1.85. The number of benzene rings is 1. The van der Waals surface area contributed by atoms with E-state index in [1.165, 1.54) is 4.90 Å². The van der Waals surface area contributed by atoms with Crippen LogP contribution < -0.4 is 0 Å². The molecule has 0 fully saturated rings. The second kappa shape index (κ2) is 7.15. The highest BCUT2D eigenvalue weighted by Gasteiger charge is 2.18. The Balaban J connectivity index is 2.32. The van der Waals surface area contributed by atoms with E-state index in [-0.39, 0.29) is 18.9 Å². The monoisotopic (exact) mass is 335 g/mol. The fraction of sp³-hybridized carbons (Fsp3) is 0.412. The first-order valence-electron chi connectivity index (χ1n) is 7.51. The number of hydrogen-bond acceptors (Lipinski definition) is 3. The van der Waals surface area contributed by atoms with Gasteiger partial charge in [0.25, 0.3) is 0 Å². The summed E-state index contributed by atoms with van der Waals surface area (Å²) in [5.74, 6) is -0.0354. The summed E-state index contributed by atoms with van der Waals surface area (Å²) in [6.45, 7) is 6.09. The number of amides is 1. The van der Waals surface area contributed by atoms with Crippen LogP contribution in [0.25, 0.3) is 5.69 Å². The molecule has 1 aromatic heterocycles. The van der Waals surface area contributed by atoms with Gasteiger partial charge in [0.15, 0.2) is 0 Å². The SMILES string of the molecule is Cc1ccc(-n2nc(C)c(CC(=O)N(C)CCO)c2C)cc1Cl. The second-order valence-corrected chi connectivity index (χ2v) is 6.12. The van der Waals surface area contributed by atoms with Crippen molar-refractivity contribution >= 4 is 17.5 Å². The Morgan fingerprint density at radius 1 is 1.35 bits per heavy atom. The van der Waals surface area contributed by atoms with E-state index < -0.39 is 0 Å². The molecule has 1 N–H and O–H groups in total. The number of aliphatic hydroxyl groups excluding tert-OH is 1. The molecule has 2 aromatic rings. The molecule has 6 heteroatoms. The zero-order valence-corrected chi connectivity index (χ0v) is 14.7. The molecule has 1 aromatic carbocycles. The summed E-state index contributed by atoms with van der Waals surface area (Å²) in [6, 6.07) is 5.79. The van der Waals surface area contributed by atoms with Crippen molar-refractivity contribution in [2.24, 2.45) is 0 Å². The minimum absolute atomic E-state index is 0.0354. The fourth-order valence-electron chi connectivity index (χ4n) is 2.46. The van der Waals surface area contributed by atoms with Crippen LogP contribution in [0, 0.1) is 20.8 Å². The summed E-state index contributed by atoms with van der Waals surface area (Å²) in [7, 11) is 1.69. The van der Waals surface area contributed by atoms with Gasteiger partial charge in [-0.1, -0.05) is 17.7 Å². The van der Waals surface area contributed by atoms with Gasteiger partial charge < -0.3 is 10.0 Å². The average molecular weight is 336 g/mol. The predicted molar refractivity (Wildman–Crippen MR) is 91.2 cm³/mol. The molecule has 1 heterocycles. The Morgan fingerprint density at radius 2 is 2.04 bits per heavy atom. The number of carbonyl (C=O) groups excluding carboxylic acids is 1. The summed E-state index contributed by atoms with van der Waals surface area (Å²) < 4.78 is 1.81. The number of aryl methyl sites for hydroxylation is 2. The molecule has 0 spiro atoms. The maximum Gasteiger partial charge on any atom is 0.226 e. The molecule has 23 heavy (non-hydrogen) atoms. The Morgan fingerprint density at radius 3 is 2.65 bits per heavy atom. The maximum absolute atomic E-state index is 12.2. The Labute approximate surface area is 141 Å². The standard InChI is InChI=1S/C17H22ClN3O2/c1-11-5-6-14(9-16(11)18)21-13(3)15(12(2)19-21)10-17(23)20(4)7-8-22/h5-6,9,22H,7-8,10H2,1-4H3. The minimum Gasteiger partial charge on any atom is -0.395 e. The lowest BCUT2D eigenvalue weighted by molar-refractivity contribution is -0.129. The molecule has 0 atom stereocenters. The van der Waals surface area contributed by atoms with E-state index in [2.05, 4.69) is 5.10 Å². The van der Waals surface area contributed by atoms with Crippen molar-refractivity contribution in [2.45, 2.75) is 27.2 Å². The molecule has 5 nitrogen and oxygen atoms in total. The summed E-state index contributed by atoms with van der Waals surface area (Å²) in [6.07, 6.45) is 0.272. The predicted octanol–water partition coefficient (Wildman–Crippen LogP) is 2.44. The number of halogens is 1. The molecule has 0 radical (unpaired) electrons. The van der Waals surface area contributed by atoms with Crippen LogP contribution in [0.5, 0.6) is 0 Å². The zero-order valence-electron chi connectivity index (χ0n) is 13.9. The molecule has 2 rings (SSSR count). The zero-order chi connectivity index (χ0) is 17.1. The summed E-state index contributed by atoms with van der Waals surface area (Å²) in [5, 5.41) is 14.2. The first-order chi connectivity index (χ1) is 10.8. The summed E-state index contributed by atoms with van der Waals surface area (Å²) in [4.78, 5) is 13.7. The van der Waals surface area contributed by atoms with E-state index in [0.717, 1.165) is 28.2 Å². The minimum atomic E-state index is -0.0403. The number of likely N-dealkylation sites (N-methyl/N-ethyl adjacent to an activating group) is 1. The van der Waals surface area contributed by atoms with Crippen molar-refractivity contribution < 1.29 is 9.90 Å². The normalized spacial score (nSPS) is 10.9.